The molecule has 0 saturated heterocycles. The van der Waals surface area contributed by atoms with E-state index in [2.05, 4.69) is 41.3 Å². The zero-order valence-electron chi connectivity index (χ0n) is 10.2. The highest BCUT2D eigenvalue weighted by Gasteiger charge is 2.08. The molecule has 1 aromatic heterocycles. The fourth-order valence-corrected chi connectivity index (χ4v) is 1.02. The second kappa shape index (κ2) is 5.05. The van der Waals surface area contributed by atoms with Gasteiger partial charge in [-0.05, 0) is 25.7 Å². The third-order valence-electron chi connectivity index (χ3n) is 2.81. The van der Waals surface area contributed by atoms with Crippen molar-refractivity contribution in [1.82, 2.24) is 15.2 Å². The predicted octanol–water partition coefficient (Wildman–Crippen LogP) is 2.19. The van der Waals surface area contributed by atoms with Gasteiger partial charge in [-0.3, -0.25) is 0 Å². The Kier molecular flexibility index (Phi) is 4.00. The average molecular weight is 208 g/mol. The molecule has 1 rings (SSSR count). The molecule has 15 heavy (non-hydrogen) atoms. The van der Waals surface area contributed by atoms with Gasteiger partial charge in [0.25, 0.3) is 0 Å². The molecule has 0 amide bonds. The lowest BCUT2D eigenvalue weighted by molar-refractivity contribution is 0.438. The predicted molar refractivity (Wildman–Crippen MR) is 61.8 cm³/mol. The Morgan fingerprint density at radius 1 is 1.07 bits per heavy atom. The van der Waals surface area contributed by atoms with Gasteiger partial charge in [0.05, 0.1) is 11.4 Å². The lowest BCUT2D eigenvalue weighted by Gasteiger charge is -2.15. The van der Waals surface area contributed by atoms with Crippen molar-refractivity contribution in [3.63, 3.8) is 0 Å². The molecule has 1 atom stereocenters. The minimum absolute atomic E-state index is 0.607. The first-order valence-corrected chi connectivity index (χ1v) is 5.42. The van der Waals surface area contributed by atoms with E-state index in [0.717, 1.165) is 17.9 Å². The first-order chi connectivity index (χ1) is 7.00. The summed E-state index contributed by atoms with van der Waals surface area (Å²) in [4.78, 5) is 4.32. The Morgan fingerprint density at radius 2 is 1.73 bits per heavy atom. The van der Waals surface area contributed by atoms with Crippen molar-refractivity contribution >= 4 is 5.95 Å². The fraction of sp³-hybridized carbons (Fsp3) is 0.727. The van der Waals surface area contributed by atoms with Crippen molar-refractivity contribution in [2.45, 2.75) is 34.6 Å². The maximum absolute atomic E-state index is 4.32. The normalized spacial score (nSPS) is 12.9. The first kappa shape index (κ1) is 11.9. The van der Waals surface area contributed by atoms with Crippen LogP contribution in [0.5, 0.6) is 0 Å². The Bertz CT molecular complexity index is 322. The molecule has 0 aliphatic heterocycles. The third kappa shape index (κ3) is 3.46. The standard InChI is InChI=1S/C11H20N4/c1-7(2)8(3)6-12-11-13-9(4)10(5)14-15-11/h7-8H,6H2,1-5H3,(H,12,13,15). The van der Waals surface area contributed by atoms with E-state index in [1.165, 1.54) is 0 Å². The molecule has 0 fully saturated rings. The summed E-state index contributed by atoms with van der Waals surface area (Å²) in [6.45, 7) is 11.4. The highest BCUT2D eigenvalue weighted by Crippen LogP contribution is 2.10. The molecule has 0 spiro atoms. The van der Waals surface area contributed by atoms with E-state index in [4.69, 9.17) is 0 Å². The molecule has 1 unspecified atom stereocenters. The maximum atomic E-state index is 4.32. The quantitative estimate of drug-likeness (QED) is 0.824. The lowest BCUT2D eigenvalue weighted by atomic mass is 9.98. The number of anilines is 1. The molecule has 4 nitrogen and oxygen atoms in total. The summed E-state index contributed by atoms with van der Waals surface area (Å²) in [7, 11) is 0. The largest absolute Gasteiger partial charge is 0.353 e. The molecule has 84 valence electrons. The van der Waals surface area contributed by atoms with E-state index in [-0.39, 0.29) is 0 Å². The van der Waals surface area contributed by atoms with Crippen LogP contribution in [-0.2, 0) is 0 Å². The molecule has 1 aromatic rings. The molecule has 0 bridgehead atoms. The van der Waals surface area contributed by atoms with Crippen LogP contribution in [0.3, 0.4) is 0 Å². The Hall–Kier alpha value is -1.19. The summed E-state index contributed by atoms with van der Waals surface area (Å²) in [6.07, 6.45) is 0. The van der Waals surface area contributed by atoms with Crippen LogP contribution in [0.15, 0.2) is 0 Å². The van der Waals surface area contributed by atoms with Crippen LogP contribution in [0, 0.1) is 25.7 Å². The summed E-state index contributed by atoms with van der Waals surface area (Å²) in [5.74, 6) is 1.90. The molecule has 0 aliphatic carbocycles. The zero-order valence-corrected chi connectivity index (χ0v) is 10.2. The van der Waals surface area contributed by atoms with Gasteiger partial charge in [-0.1, -0.05) is 20.8 Å². The van der Waals surface area contributed by atoms with Crippen molar-refractivity contribution in [1.29, 1.82) is 0 Å². The van der Waals surface area contributed by atoms with Crippen LogP contribution in [0.1, 0.15) is 32.2 Å². The van der Waals surface area contributed by atoms with Crippen LogP contribution in [0.2, 0.25) is 0 Å². The topological polar surface area (TPSA) is 50.7 Å². The van der Waals surface area contributed by atoms with Crippen LogP contribution in [0.25, 0.3) is 0 Å². The summed E-state index contributed by atoms with van der Waals surface area (Å²) in [5, 5.41) is 11.2. The van der Waals surface area contributed by atoms with Gasteiger partial charge >= 0.3 is 0 Å². The lowest BCUT2D eigenvalue weighted by Crippen LogP contribution is -2.18. The first-order valence-electron chi connectivity index (χ1n) is 5.42. The molecule has 1 heterocycles. The molecule has 0 aliphatic rings. The average Bonchev–Trinajstić information content (AvgIpc) is 2.19. The SMILES string of the molecule is Cc1nnc(NCC(C)C(C)C)nc1C. The molecule has 0 radical (unpaired) electrons. The van der Waals surface area contributed by atoms with E-state index < -0.39 is 0 Å². The van der Waals surface area contributed by atoms with Crippen molar-refractivity contribution < 1.29 is 0 Å². The number of hydrogen-bond donors (Lipinski definition) is 1. The number of aromatic nitrogens is 3. The van der Waals surface area contributed by atoms with E-state index >= 15 is 0 Å². The fourth-order valence-electron chi connectivity index (χ4n) is 1.02. The minimum atomic E-state index is 0.607. The molecular formula is C11H20N4. The number of hydrogen-bond acceptors (Lipinski definition) is 4. The Balaban J connectivity index is 2.55. The smallest absolute Gasteiger partial charge is 0.242 e. The van der Waals surface area contributed by atoms with Crippen LogP contribution in [0.4, 0.5) is 5.95 Å². The molecule has 1 N–H and O–H groups in total. The van der Waals surface area contributed by atoms with Gasteiger partial charge in [-0.25, -0.2) is 4.98 Å². The second-order valence-corrected chi connectivity index (χ2v) is 4.41. The van der Waals surface area contributed by atoms with E-state index in [1.54, 1.807) is 0 Å². The number of rotatable bonds is 4. The second-order valence-electron chi connectivity index (χ2n) is 4.41. The van der Waals surface area contributed by atoms with Crippen LogP contribution in [-0.4, -0.2) is 21.7 Å². The maximum Gasteiger partial charge on any atom is 0.242 e. The zero-order chi connectivity index (χ0) is 11.4. The van der Waals surface area contributed by atoms with Gasteiger partial charge in [-0.15, -0.1) is 5.10 Å². The van der Waals surface area contributed by atoms with Crippen molar-refractivity contribution in [2.24, 2.45) is 11.8 Å². The van der Waals surface area contributed by atoms with Crippen molar-refractivity contribution in [2.75, 3.05) is 11.9 Å². The van der Waals surface area contributed by atoms with Crippen molar-refractivity contribution in [3.05, 3.63) is 11.4 Å². The molecular weight excluding hydrogens is 188 g/mol. The van der Waals surface area contributed by atoms with Gasteiger partial charge in [0, 0.05) is 6.54 Å². The van der Waals surface area contributed by atoms with E-state index in [9.17, 15) is 0 Å². The van der Waals surface area contributed by atoms with Gasteiger partial charge in [0.15, 0.2) is 0 Å². The summed E-state index contributed by atoms with van der Waals surface area (Å²) < 4.78 is 0. The number of nitrogens with zero attached hydrogens (tertiary/aromatic N) is 3. The monoisotopic (exact) mass is 208 g/mol. The third-order valence-corrected chi connectivity index (χ3v) is 2.81. The summed E-state index contributed by atoms with van der Waals surface area (Å²) >= 11 is 0. The highest BCUT2D eigenvalue weighted by atomic mass is 15.2. The number of aryl methyl sites for hydroxylation is 2. The number of nitrogens with one attached hydrogen (secondary N) is 1. The molecule has 0 aromatic carbocycles. The van der Waals surface area contributed by atoms with E-state index in [0.29, 0.717) is 17.8 Å². The van der Waals surface area contributed by atoms with Gasteiger partial charge < -0.3 is 5.32 Å². The summed E-state index contributed by atoms with van der Waals surface area (Å²) in [5.41, 5.74) is 1.82. The van der Waals surface area contributed by atoms with Crippen LogP contribution < -0.4 is 5.32 Å². The van der Waals surface area contributed by atoms with E-state index in [1.807, 2.05) is 13.8 Å². The van der Waals surface area contributed by atoms with Gasteiger partial charge in [0.2, 0.25) is 5.95 Å². The summed E-state index contributed by atoms with van der Waals surface area (Å²) in [6, 6.07) is 0. The van der Waals surface area contributed by atoms with Crippen LogP contribution >= 0.6 is 0 Å². The Morgan fingerprint density at radius 3 is 2.27 bits per heavy atom. The molecule has 4 heteroatoms. The molecule has 0 saturated carbocycles. The Labute approximate surface area is 91.5 Å². The minimum Gasteiger partial charge on any atom is -0.353 e. The van der Waals surface area contributed by atoms with Crippen molar-refractivity contribution in [3.8, 4) is 0 Å². The highest BCUT2D eigenvalue weighted by molar-refractivity contribution is 5.24. The van der Waals surface area contributed by atoms with Gasteiger partial charge in [0.1, 0.15) is 0 Å². The van der Waals surface area contributed by atoms with Gasteiger partial charge in [-0.2, -0.15) is 5.10 Å².